The van der Waals surface area contributed by atoms with Gasteiger partial charge in [-0.1, -0.05) is 12.1 Å². The van der Waals surface area contributed by atoms with Crippen molar-refractivity contribution in [3.05, 3.63) is 29.6 Å². The lowest BCUT2D eigenvalue weighted by atomic mass is 10.1. The van der Waals surface area contributed by atoms with Crippen molar-refractivity contribution in [3.8, 4) is 11.3 Å². The van der Waals surface area contributed by atoms with E-state index >= 15 is 0 Å². The summed E-state index contributed by atoms with van der Waals surface area (Å²) in [7, 11) is -3.27. The highest BCUT2D eigenvalue weighted by molar-refractivity contribution is 7.93. The third-order valence-corrected chi connectivity index (χ3v) is 7.35. The highest BCUT2D eigenvalue weighted by Crippen LogP contribution is 2.32. The number of hydrogen-bond acceptors (Lipinski definition) is 6. The average Bonchev–Trinajstić information content (AvgIpc) is 3.53. The third-order valence-electron chi connectivity index (χ3n) is 4.67. The van der Waals surface area contributed by atoms with Gasteiger partial charge in [0.2, 0.25) is 26.8 Å². The van der Waals surface area contributed by atoms with E-state index in [0.29, 0.717) is 16.6 Å². The average molecular weight is 403 g/mol. The van der Waals surface area contributed by atoms with Crippen molar-refractivity contribution in [2.45, 2.75) is 30.9 Å². The molecule has 1 amide bonds. The maximum absolute atomic E-state index is 12.0. The van der Waals surface area contributed by atoms with Crippen LogP contribution in [-0.2, 0) is 14.8 Å². The smallest absolute Gasteiger partial charge is 0.250 e. The molecule has 0 spiro atoms. The van der Waals surface area contributed by atoms with Crippen molar-refractivity contribution in [1.29, 1.82) is 0 Å². The Bertz CT molecular complexity index is 1130. The maximum atomic E-state index is 12.0. The number of nitrogens with zero attached hydrogens (tertiary/aromatic N) is 3. The molecule has 8 nitrogen and oxygen atoms in total. The summed E-state index contributed by atoms with van der Waals surface area (Å²) >= 11 is 1.43. The molecular weight excluding hydrogens is 386 g/mol. The summed E-state index contributed by atoms with van der Waals surface area (Å²) in [5.41, 5.74) is 2.28. The van der Waals surface area contributed by atoms with Crippen molar-refractivity contribution < 1.29 is 13.2 Å². The van der Waals surface area contributed by atoms with Crippen molar-refractivity contribution in [1.82, 2.24) is 14.6 Å². The number of carbonyl (C=O) groups is 1. The minimum Gasteiger partial charge on any atom is -0.293 e. The van der Waals surface area contributed by atoms with E-state index in [9.17, 15) is 13.2 Å². The molecule has 3 aromatic rings. The minimum atomic E-state index is -3.27. The fraction of sp³-hybridized carbons (Fsp3) is 0.353. The van der Waals surface area contributed by atoms with Gasteiger partial charge < -0.3 is 0 Å². The van der Waals surface area contributed by atoms with Crippen LogP contribution in [0.3, 0.4) is 0 Å². The van der Waals surface area contributed by atoms with Crippen LogP contribution in [0.15, 0.2) is 29.6 Å². The van der Waals surface area contributed by atoms with Crippen LogP contribution in [0.25, 0.3) is 16.2 Å². The Morgan fingerprint density at radius 3 is 2.56 bits per heavy atom. The molecule has 0 radical (unpaired) electrons. The van der Waals surface area contributed by atoms with Crippen molar-refractivity contribution in [2.24, 2.45) is 5.92 Å². The SMILES string of the molecule is O=C(Nc1nc2scc(-c3ccc(NS(=O)(=O)C4CC4)cc3)n2n1)C1CC1. The number of hydrogen-bond donors (Lipinski definition) is 2. The molecule has 2 saturated carbocycles. The zero-order valence-electron chi connectivity index (χ0n) is 14.3. The van der Waals surface area contributed by atoms with Gasteiger partial charge in [0.1, 0.15) is 0 Å². The summed E-state index contributed by atoms with van der Waals surface area (Å²) in [6.45, 7) is 0. The second kappa shape index (κ2) is 6.03. The zero-order chi connectivity index (χ0) is 18.6. The Labute approximate surface area is 159 Å². The summed E-state index contributed by atoms with van der Waals surface area (Å²) in [4.78, 5) is 16.9. The first-order valence-electron chi connectivity index (χ1n) is 8.77. The quantitative estimate of drug-likeness (QED) is 0.658. The van der Waals surface area contributed by atoms with E-state index in [-0.39, 0.29) is 17.1 Å². The van der Waals surface area contributed by atoms with E-state index in [1.807, 2.05) is 17.5 Å². The van der Waals surface area contributed by atoms with E-state index in [1.54, 1.807) is 16.6 Å². The zero-order valence-corrected chi connectivity index (χ0v) is 15.9. The molecule has 2 heterocycles. The number of anilines is 2. The molecule has 2 aliphatic rings. The van der Waals surface area contributed by atoms with Gasteiger partial charge in [-0.15, -0.1) is 16.4 Å². The molecular formula is C17H17N5O3S2. The van der Waals surface area contributed by atoms with Gasteiger partial charge in [-0.2, -0.15) is 4.98 Å². The monoisotopic (exact) mass is 403 g/mol. The van der Waals surface area contributed by atoms with Crippen LogP contribution in [-0.4, -0.2) is 34.2 Å². The van der Waals surface area contributed by atoms with Crippen molar-refractivity contribution >= 4 is 43.9 Å². The van der Waals surface area contributed by atoms with Crippen LogP contribution in [0.4, 0.5) is 11.6 Å². The van der Waals surface area contributed by atoms with Crippen LogP contribution in [0.5, 0.6) is 0 Å². The topological polar surface area (TPSA) is 105 Å². The fourth-order valence-corrected chi connectivity index (χ4v) is 5.04. The lowest BCUT2D eigenvalue weighted by Gasteiger charge is -2.07. The summed E-state index contributed by atoms with van der Waals surface area (Å²) < 4.78 is 28.4. The highest BCUT2D eigenvalue weighted by atomic mass is 32.2. The number of benzene rings is 1. The number of amides is 1. The number of carbonyl (C=O) groups excluding carboxylic acids is 1. The van der Waals surface area contributed by atoms with Gasteiger partial charge in [0, 0.05) is 22.5 Å². The van der Waals surface area contributed by atoms with Crippen LogP contribution < -0.4 is 10.0 Å². The Kier molecular flexibility index (Phi) is 3.73. The predicted molar refractivity (Wildman–Crippen MR) is 103 cm³/mol. The van der Waals surface area contributed by atoms with Gasteiger partial charge in [0.15, 0.2) is 0 Å². The number of nitrogens with one attached hydrogen (secondary N) is 2. The lowest BCUT2D eigenvalue weighted by molar-refractivity contribution is -0.117. The molecule has 2 N–H and O–H groups in total. The summed E-state index contributed by atoms with van der Waals surface area (Å²) in [6, 6.07) is 7.17. The number of rotatable bonds is 6. The second-order valence-electron chi connectivity index (χ2n) is 6.94. The van der Waals surface area contributed by atoms with Gasteiger partial charge >= 0.3 is 0 Å². The fourth-order valence-electron chi connectivity index (χ4n) is 2.83. The first kappa shape index (κ1) is 16.7. The molecule has 0 saturated heterocycles. The van der Waals surface area contributed by atoms with Gasteiger partial charge in [-0.3, -0.25) is 14.8 Å². The van der Waals surface area contributed by atoms with E-state index in [4.69, 9.17) is 0 Å². The third kappa shape index (κ3) is 3.30. The van der Waals surface area contributed by atoms with E-state index in [0.717, 1.165) is 36.9 Å². The van der Waals surface area contributed by atoms with Crippen molar-refractivity contribution in [3.63, 3.8) is 0 Å². The molecule has 27 heavy (non-hydrogen) atoms. The van der Waals surface area contributed by atoms with Crippen molar-refractivity contribution in [2.75, 3.05) is 10.0 Å². The highest BCUT2D eigenvalue weighted by Gasteiger charge is 2.35. The number of aromatic nitrogens is 3. The molecule has 2 aliphatic carbocycles. The number of sulfonamides is 1. The van der Waals surface area contributed by atoms with Gasteiger partial charge in [-0.05, 0) is 37.8 Å². The Balaban J connectivity index is 1.38. The number of thiazole rings is 1. The molecule has 0 atom stereocenters. The molecule has 0 aliphatic heterocycles. The van der Waals surface area contributed by atoms with E-state index in [1.165, 1.54) is 11.3 Å². The predicted octanol–water partition coefficient (Wildman–Crippen LogP) is 2.71. The largest absolute Gasteiger partial charge is 0.293 e. The van der Waals surface area contributed by atoms with Crippen LogP contribution >= 0.6 is 11.3 Å². The molecule has 1 aromatic carbocycles. The molecule has 2 fully saturated rings. The van der Waals surface area contributed by atoms with Crippen LogP contribution in [0.2, 0.25) is 0 Å². The summed E-state index contributed by atoms with van der Waals surface area (Å²) in [5, 5.41) is 8.82. The molecule has 2 aromatic heterocycles. The molecule has 0 bridgehead atoms. The minimum absolute atomic E-state index is 0.0258. The molecule has 140 valence electrons. The maximum Gasteiger partial charge on any atom is 0.250 e. The van der Waals surface area contributed by atoms with E-state index in [2.05, 4.69) is 20.1 Å². The van der Waals surface area contributed by atoms with Gasteiger partial charge in [0.25, 0.3) is 0 Å². The van der Waals surface area contributed by atoms with E-state index < -0.39 is 10.0 Å². The Morgan fingerprint density at radius 1 is 1.15 bits per heavy atom. The van der Waals surface area contributed by atoms with Gasteiger partial charge in [-0.25, -0.2) is 12.9 Å². The molecule has 0 unspecified atom stereocenters. The lowest BCUT2D eigenvalue weighted by Crippen LogP contribution is -2.17. The Hall–Kier alpha value is -2.46. The normalized spacial score (nSPS) is 17.2. The number of fused-ring (bicyclic) bond motifs is 1. The summed E-state index contributed by atoms with van der Waals surface area (Å²) in [5.74, 6) is 0.383. The van der Waals surface area contributed by atoms with Crippen LogP contribution in [0, 0.1) is 5.92 Å². The standard InChI is InChI=1S/C17H17N5O3S2/c23-15(11-1-2-11)18-16-19-17-22(20-16)14(9-26-17)10-3-5-12(6-4-10)21-27(24,25)13-7-8-13/h3-6,9,11,13,21H,1-2,7-8H2,(H,18,20,23). The molecule has 10 heteroatoms. The molecule has 5 rings (SSSR count). The first-order valence-corrected chi connectivity index (χ1v) is 11.2. The van der Waals surface area contributed by atoms with Gasteiger partial charge in [0.05, 0.1) is 10.9 Å². The second-order valence-corrected chi connectivity index (χ2v) is 9.74. The Morgan fingerprint density at radius 2 is 1.89 bits per heavy atom. The first-order chi connectivity index (χ1) is 13.0. The summed E-state index contributed by atoms with van der Waals surface area (Å²) in [6.07, 6.45) is 3.31. The van der Waals surface area contributed by atoms with Crippen LogP contribution in [0.1, 0.15) is 25.7 Å².